The van der Waals surface area contributed by atoms with E-state index >= 15 is 0 Å². The van der Waals surface area contributed by atoms with Crippen LogP contribution in [-0.2, 0) is 5.41 Å². The Morgan fingerprint density at radius 1 is 0.417 bits per heavy atom. The molecule has 0 heterocycles. The topological polar surface area (TPSA) is 3.24 Å². The van der Waals surface area contributed by atoms with E-state index in [0.717, 1.165) is 11.4 Å². The van der Waals surface area contributed by atoms with Gasteiger partial charge in [0, 0.05) is 22.1 Å². The van der Waals surface area contributed by atoms with Gasteiger partial charge in [0.05, 0.1) is 11.4 Å². The van der Waals surface area contributed by atoms with Gasteiger partial charge in [0.25, 0.3) is 0 Å². The molecule has 0 saturated heterocycles. The zero-order valence-corrected chi connectivity index (χ0v) is 27.2. The summed E-state index contributed by atoms with van der Waals surface area (Å²) >= 11 is 0. The highest BCUT2D eigenvalue weighted by Crippen LogP contribution is 2.57. The van der Waals surface area contributed by atoms with Gasteiger partial charge in [-0.1, -0.05) is 166 Å². The van der Waals surface area contributed by atoms with Crippen molar-refractivity contribution < 1.29 is 0 Å². The van der Waals surface area contributed by atoms with Crippen LogP contribution in [0.15, 0.2) is 176 Å². The third-order valence-electron chi connectivity index (χ3n) is 10.2. The minimum Gasteiger partial charge on any atom is -0.309 e. The number of benzene rings is 8. The van der Waals surface area contributed by atoms with E-state index in [1.165, 1.54) is 71.7 Å². The predicted molar refractivity (Wildman–Crippen MR) is 205 cm³/mol. The Balaban J connectivity index is 1.40. The summed E-state index contributed by atoms with van der Waals surface area (Å²) in [5.41, 5.74) is 13.6. The van der Waals surface area contributed by atoms with Gasteiger partial charge in [-0.2, -0.15) is 0 Å². The minimum atomic E-state index is -0.163. The van der Waals surface area contributed by atoms with Crippen molar-refractivity contribution in [1.29, 1.82) is 0 Å². The molecule has 0 bridgehead atoms. The molecule has 0 unspecified atom stereocenters. The summed E-state index contributed by atoms with van der Waals surface area (Å²) in [6, 6.07) is 64.3. The van der Waals surface area contributed by atoms with Gasteiger partial charge < -0.3 is 4.90 Å². The molecule has 8 aromatic carbocycles. The lowest BCUT2D eigenvalue weighted by Gasteiger charge is -2.31. The SMILES string of the molecule is CC1(C)c2cccc(-c3ccccc3)c2-c2cc(N(c3ccc4ccccc4c3)c3ccccc3-c3ccccc3)c3ccccc3c21. The smallest absolute Gasteiger partial charge is 0.0546 e. The van der Waals surface area contributed by atoms with Crippen LogP contribution < -0.4 is 4.90 Å². The predicted octanol–water partition coefficient (Wildman–Crippen LogP) is 13.1. The Kier molecular flexibility index (Phi) is 6.55. The fourth-order valence-electron chi connectivity index (χ4n) is 8.02. The number of anilines is 3. The van der Waals surface area contributed by atoms with E-state index in [2.05, 4.69) is 195 Å². The fraction of sp³-hybridized carbons (Fsp3) is 0.0638. The lowest BCUT2D eigenvalue weighted by Crippen LogP contribution is -2.16. The number of fused-ring (bicyclic) bond motifs is 6. The maximum absolute atomic E-state index is 2.49. The Morgan fingerprint density at radius 3 is 1.79 bits per heavy atom. The summed E-state index contributed by atoms with van der Waals surface area (Å²) in [6.07, 6.45) is 0. The third kappa shape index (κ3) is 4.39. The first-order chi connectivity index (χ1) is 23.6. The maximum atomic E-state index is 2.49. The first-order valence-corrected chi connectivity index (χ1v) is 16.8. The van der Waals surface area contributed by atoms with E-state index in [-0.39, 0.29) is 5.41 Å². The second kappa shape index (κ2) is 11.1. The van der Waals surface area contributed by atoms with Gasteiger partial charge >= 0.3 is 0 Å². The number of rotatable bonds is 5. The quantitative estimate of drug-likeness (QED) is 0.187. The summed E-state index contributed by atoms with van der Waals surface area (Å²) in [5.74, 6) is 0. The largest absolute Gasteiger partial charge is 0.309 e. The van der Waals surface area contributed by atoms with E-state index in [1.807, 2.05) is 0 Å². The molecular weight excluding hydrogens is 579 g/mol. The second-order valence-electron chi connectivity index (χ2n) is 13.3. The first-order valence-electron chi connectivity index (χ1n) is 16.8. The molecule has 0 saturated carbocycles. The molecule has 0 aromatic heterocycles. The zero-order chi connectivity index (χ0) is 32.2. The average molecular weight is 614 g/mol. The van der Waals surface area contributed by atoms with Crippen LogP contribution in [-0.4, -0.2) is 0 Å². The summed E-state index contributed by atoms with van der Waals surface area (Å²) in [4.78, 5) is 2.49. The molecule has 0 fully saturated rings. The highest BCUT2D eigenvalue weighted by Gasteiger charge is 2.39. The van der Waals surface area contributed by atoms with Crippen LogP contribution >= 0.6 is 0 Å². The Bertz CT molecular complexity index is 2470. The van der Waals surface area contributed by atoms with Gasteiger partial charge in [0.15, 0.2) is 0 Å². The summed E-state index contributed by atoms with van der Waals surface area (Å²) in [7, 11) is 0. The Labute approximate surface area is 282 Å². The van der Waals surface area contributed by atoms with Crippen LogP contribution in [0, 0.1) is 0 Å². The molecule has 1 heteroatoms. The van der Waals surface area contributed by atoms with Crippen molar-refractivity contribution in [3.05, 3.63) is 187 Å². The Hall–Kier alpha value is -5.92. The van der Waals surface area contributed by atoms with Gasteiger partial charge in [0.2, 0.25) is 0 Å². The number of para-hydroxylation sites is 1. The van der Waals surface area contributed by atoms with Crippen LogP contribution in [0.25, 0.3) is 54.9 Å². The van der Waals surface area contributed by atoms with Gasteiger partial charge in [-0.15, -0.1) is 0 Å². The summed E-state index contributed by atoms with van der Waals surface area (Å²) < 4.78 is 0. The highest BCUT2D eigenvalue weighted by atomic mass is 15.1. The maximum Gasteiger partial charge on any atom is 0.0546 e. The highest BCUT2D eigenvalue weighted by molar-refractivity contribution is 6.10. The van der Waals surface area contributed by atoms with Crippen molar-refractivity contribution >= 4 is 38.6 Å². The molecule has 228 valence electrons. The molecular formula is C47H35N. The van der Waals surface area contributed by atoms with Gasteiger partial charge in [-0.3, -0.25) is 0 Å². The normalized spacial score (nSPS) is 13.0. The fourth-order valence-corrected chi connectivity index (χ4v) is 8.02. The second-order valence-corrected chi connectivity index (χ2v) is 13.3. The van der Waals surface area contributed by atoms with Gasteiger partial charge in [-0.05, 0) is 79.4 Å². The van der Waals surface area contributed by atoms with Crippen molar-refractivity contribution in [2.24, 2.45) is 0 Å². The van der Waals surface area contributed by atoms with Crippen molar-refractivity contribution in [2.45, 2.75) is 19.3 Å². The van der Waals surface area contributed by atoms with Gasteiger partial charge in [0.1, 0.15) is 0 Å². The van der Waals surface area contributed by atoms with E-state index in [1.54, 1.807) is 0 Å². The van der Waals surface area contributed by atoms with Crippen LogP contribution in [0.1, 0.15) is 25.0 Å². The molecule has 1 aliphatic rings. The molecule has 1 aliphatic carbocycles. The molecule has 0 N–H and O–H groups in total. The van der Waals surface area contributed by atoms with Crippen molar-refractivity contribution in [1.82, 2.24) is 0 Å². The monoisotopic (exact) mass is 613 g/mol. The first kappa shape index (κ1) is 28.3. The van der Waals surface area contributed by atoms with Crippen LogP contribution in [0.2, 0.25) is 0 Å². The van der Waals surface area contributed by atoms with Crippen molar-refractivity contribution in [2.75, 3.05) is 4.90 Å². The molecule has 0 spiro atoms. The number of hydrogen-bond acceptors (Lipinski definition) is 1. The summed E-state index contributed by atoms with van der Waals surface area (Å²) in [5, 5.41) is 5.00. The van der Waals surface area contributed by atoms with Crippen LogP contribution in [0.5, 0.6) is 0 Å². The average Bonchev–Trinajstić information content (AvgIpc) is 3.38. The molecule has 0 atom stereocenters. The van der Waals surface area contributed by atoms with Crippen LogP contribution in [0.3, 0.4) is 0 Å². The standard InChI is InChI=1S/C47H35N/c1-47(2)42-26-15-25-38(34-19-7-4-8-20-34)45(42)41-31-44(39-23-11-12-24-40(39)46(41)47)48(36-29-28-32-16-9-10-21-35(32)30-36)43-27-14-13-22-37(43)33-17-5-3-6-18-33/h3-31H,1-2H3. The summed E-state index contributed by atoms with van der Waals surface area (Å²) in [6.45, 7) is 4.79. The van der Waals surface area contributed by atoms with Crippen molar-refractivity contribution in [3.63, 3.8) is 0 Å². The molecule has 0 amide bonds. The number of nitrogens with zero attached hydrogens (tertiary/aromatic N) is 1. The molecule has 1 nitrogen and oxygen atoms in total. The molecule has 9 rings (SSSR count). The lowest BCUT2D eigenvalue weighted by atomic mass is 9.79. The third-order valence-corrected chi connectivity index (χ3v) is 10.2. The molecule has 0 aliphatic heterocycles. The zero-order valence-electron chi connectivity index (χ0n) is 27.2. The minimum absolute atomic E-state index is 0.163. The number of hydrogen-bond donors (Lipinski definition) is 0. The van der Waals surface area contributed by atoms with E-state index < -0.39 is 0 Å². The molecule has 48 heavy (non-hydrogen) atoms. The Morgan fingerprint density at radius 2 is 1.02 bits per heavy atom. The van der Waals surface area contributed by atoms with Gasteiger partial charge in [-0.25, -0.2) is 0 Å². The molecule has 8 aromatic rings. The van der Waals surface area contributed by atoms with Crippen LogP contribution in [0.4, 0.5) is 17.1 Å². The van der Waals surface area contributed by atoms with Crippen molar-refractivity contribution in [3.8, 4) is 33.4 Å². The van der Waals surface area contributed by atoms with E-state index in [9.17, 15) is 0 Å². The van der Waals surface area contributed by atoms with E-state index in [4.69, 9.17) is 0 Å². The lowest BCUT2D eigenvalue weighted by molar-refractivity contribution is 0.666. The molecule has 0 radical (unpaired) electrons. The van der Waals surface area contributed by atoms with E-state index in [0.29, 0.717) is 0 Å².